The van der Waals surface area contributed by atoms with Crippen molar-refractivity contribution in [2.45, 2.75) is 19.8 Å². The molecule has 0 spiro atoms. The van der Waals surface area contributed by atoms with Crippen LogP contribution in [0.25, 0.3) is 5.57 Å². The highest BCUT2D eigenvalue weighted by molar-refractivity contribution is 5.97. The van der Waals surface area contributed by atoms with Gasteiger partial charge in [-0.05, 0) is 42.8 Å². The maximum Gasteiger partial charge on any atom is 0.336 e. The molecular weight excluding hydrogens is 520 g/mol. The Balaban J connectivity index is 1.30. The molecule has 0 amide bonds. The molecule has 2 aromatic carbocycles. The van der Waals surface area contributed by atoms with Crippen molar-refractivity contribution in [2.24, 2.45) is 7.05 Å². The summed E-state index contributed by atoms with van der Waals surface area (Å²) in [5.74, 6) is 0.232. The number of tetrazole rings is 1. The van der Waals surface area contributed by atoms with Gasteiger partial charge in [-0.15, -0.1) is 10.2 Å². The topological polar surface area (TPSA) is 121 Å². The molecule has 11 heteroatoms. The number of piperazine rings is 1. The fourth-order valence-corrected chi connectivity index (χ4v) is 5.56. The smallest absolute Gasteiger partial charge is 0.336 e. The van der Waals surface area contributed by atoms with E-state index in [-0.39, 0.29) is 6.61 Å². The molecule has 2 aliphatic rings. The zero-order valence-corrected chi connectivity index (χ0v) is 23.8. The third-order valence-corrected chi connectivity index (χ3v) is 7.56. The maximum absolute atomic E-state index is 13.7. The summed E-state index contributed by atoms with van der Waals surface area (Å²) in [6, 6.07) is 17.6. The van der Waals surface area contributed by atoms with Crippen molar-refractivity contribution in [3.63, 3.8) is 0 Å². The van der Waals surface area contributed by atoms with Crippen LogP contribution in [-0.4, -0.2) is 77.5 Å². The van der Waals surface area contributed by atoms with E-state index in [1.807, 2.05) is 50.2 Å². The summed E-state index contributed by atoms with van der Waals surface area (Å²) in [6.45, 7) is 8.03. The van der Waals surface area contributed by atoms with E-state index in [9.17, 15) is 10.1 Å². The SMILES string of the molecule is COc1ccccc1N1CCN(CCOC(=O)C2=C(C)NC(C)=C(c3nnn(C)n3)C2c2ccccc2C#N)CC1. The Morgan fingerprint density at radius 3 is 2.51 bits per heavy atom. The van der Waals surface area contributed by atoms with Gasteiger partial charge in [-0.3, -0.25) is 4.90 Å². The van der Waals surface area contributed by atoms with Crippen LogP contribution in [0, 0.1) is 11.3 Å². The molecule has 3 aromatic rings. The summed E-state index contributed by atoms with van der Waals surface area (Å²) in [4.78, 5) is 19.7. The fourth-order valence-electron chi connectivity index (χ4n) is 5.56. The van der Waals surface area contributed by atoms with Crippen molar-refractivity contribution in [1.29, 1.82) is 5.26 Å². The lowest BCUT2D eigenvalue weighted by molar-refractivity contribution is -0.139. The summed E-state index contributed by atoms with van der Waals surface area (Å²) < 4.78 is 11.4. The van der Waals surface area contributed by atoms with Crippen LogP contribution in [0.5, 0.6) is 5.75 Å². The first kappa shape index (κ1) is 27.9. The predicted octanol–water partition coefficient (Wildman–Crippen LogP) is 2.85. The number of nitriles is 1. The number of nitrogens with zero attached hydrogens (tertiary/aromatic N) is 7. The molecule has 1 saturated heterocycles. The monoisotopic (exact) mass is 554 g/mol. The van der Waals surface area contributed by atoms with E-state index in [4.69, 9.17) is 9.47 Å². The quantitative estimate of drug-likeness (QED) is 0.416. The number of aryl methyl sites for hydroxylation is 1. The molecule has 3 heterocycles. The first-order chi connectivity index (χ1) is 19.9. The Bertz CT molecular complexity index is 1530. The molecule has 2 aliphatic heterocycles. The number of aromatic nitrogens is 4. The highest BCUT2D eigenvalue weighted by atomic mass is 16.5. The van der Waals surface area contributed by atoms with Crippen LogP contribution < -0.4 is 15.0 Å². The normalized spacial score (nSPS) is 17.7. The predicted molar refractivity (Wildman–Crippen MR) is 154 cm³/mol. The Labute approximate surface area is 239 Å². The van der Waals surface area contributed by atoms with Gasteiger partial charge >= 0.3 is 5.97 Å². The number of anilines is 1. The van der Waals surface area contributed by atoms with Gasteiger partial charge in [-0.25, -0.2) is 4.79 Å². The number of hydrogen-bond acceptors (Lipinski definition) is 10. The summed E-state index contributed by atoms with van der Waals surface area (Å²) in [7, 11) is 3.38. The van der Waals surface area contributed by atoms with Gasteiger partial charge in [0.25, 0.3) is 0 Å². The van der Waals surface area contributed by atoms with Crippen LogP contribution >= 0.6 is 0 Å². The molecule has 41 heavy (non-hydrogen) atoms. The number of benzene rings is 2. The van der Waals surface area contributed by atoms with E-state index in [0.29, 0.717) is 40.3 Å². The van der Waals surface area contributed by atoms with Gasteiger partial charge in [0, 0.05) is 55.6 Å². The number of ether oxygens (including phenoxy) is 2. The number of rotatable bonds is 8. The van der Waals surface area contributed by atoms with Crippen molar-refractivity contribution >= 4 is 17.2 Å². The number of carbonyl (C=O) groups is 1. The summed E-state index contributed by atoms with van der Waals surface area (Å²) in [5, 5.41) is 25.9. The van der Waals surface area contributed by atoms with Crippen LogP contribution in [0.3, 0.4) is 0 Å². The third-order valence-electron chi connectivity index (χ3n) is 7.56. The van der Waals surface area contributed by atoms with E-state index in [2.05, 4.69) is 42.7 Å². The van der Waals surface area contributed by atoms with Crippen molar-refractivity contribution < 1.29 is 14.3 Å². The van der Waals surface area contributed by atoms with Gasteiger partial charge in [0.15, 0.2) is 0 Å². The standard InChI is InChI=1S/C30H34N8O3/c1-20-26(29-33-35-36(3)34-29)28(23-10-6-5-9-22(23)19-31)27(21(2)32-20)30(39)41-18-17-37-13-15-38(16-14-37)24-11-7-8-12-25(24)40-4/h5-12,28,32H,13-18H2,1-4H3. The van der Waals surface area contributed by atoms with Crippen molar-refractivity contribution in [3.8, 4) is 11.8 Å². The lowest BCUT2D eigenvalue weighted by Crippen LogP contribution is -2.47. The maximum atomic E-state index is 13.7. The summed E-state index contributed by atoms with van der Waals surface area (Å²) in [6.07, 6.45) is 0. The number of dihydropyridines is 1. The van der Waals surface area contributed by atoms with Crippen LogP contribution in [0.1, 0.15) is 36.7 Å². The molecule has 1 unspecified atom stereocenters. The minimum absolute atomic E-state index is 0.248. The number of esters is 1. The number of allylic oxidation sites excluding steroid dienone is 3. The van der Waals surface area contributed by atoms with Crippen LogP contribution in [-0.2, 0) is 16.6 Å². The largest absolute Gasteiger partial charge is 0.495 e. The molecule has 0 bridgehead atoms. The average molecular weight is 555 g/mol. The molecule has 0 saturated carbocycles. The minimum atomic E-state index is -0.590. The molecule has 1 aromatic heterocycles. The number of carbonyl (C=O) groups excluding carboxylic acids is 1. The molecule has 212 valence electrons. The Morgan fingerprint density at radius 2 is 1.80 bits per heavy atom. The minimum Gasteiger partial charge on any atom is -0.495 e. The van der Waals surface area contributed by atoms with E-state index in [0.717, 1.165) is 43.3 Å². The highest BCUT2D eigenvalue weighted by Gasteiger charge is 2.37. The van der Waals surface area contributed by atoms with Gasteiger partial charge in [-0.1, -0.05) is 30.3 Å². The zero-order valence-electron chi connectivity index (χ0n) is 23.8. The van der Waals surface area contributed by atoms with Crippen molar-refractivity contribution in [1.82, 2.24) is 30.4 Å². The second-order valence-corrected chi connectivity index (χ2v) is 10.1. The van der Waals surface area contributed by atoms with E-state index >= 15 is 0 Å². The number of methoxy groups -OCH3 is 1. The number of nitrogens with one attached hydrogen (secondary N) is 1. The molecular formula is C30H34N8O3. The Kier molecular flexibility index (Phi) is 8.31. The summed E-state index contributed by atoms with van der Waals surface area (Å²) in [5.41, 5.74) is 4.83. The number of para-hydroxylation sites is 2. The molecule has 1 fully saturated rings. The van der Waals surface area contributed by atoms with E-state index in [1.54, 1.807) is 20.2 Å². The van der Waals surface area contributed by atoms with Crippen molar-refractivity contribution in [2.75, 3.05) is 51.3 Å². The van der Waals surface area contributed by atoms with Crippen LogP contribution in [0.2, 0.25) is 0 Å². The second kappa shape index (κ2) is 12.2. The van der Waals surface area contributed by atoms with E-state index < -0.39 is 11.9 Å². The molecule has 0 aliphatic carbocycles. The molecule has 1 N–H and O–H groups in total. The van der Waals surface area contributed by atoms with Gasteiger partial charge in [0.2, 0.25) is 5.82 Å². The first-order valence-corrected chi connectivity index (χ1v) is 13.6. The second-order valence-electron chi connectivity index (χ2n) is 10.1. The van der Waals surface area contributed by atoms with Gasteiger partial charge in [0.1, 0.15) is 12.4 Å². The van der Waals surface area contributed by atoms with Gasteiger partial charge < -0.3 is 19.7 Å². The average Bonchev–Trinajstić information content (AvgIpc) is 3.42. The Morgan fingerprint density at radius 1 is 1.07 bits per heavy atom. The van der Waals surface area contributed by atoms with Crippen LogP contribution in [0.4, 0.5) is 5.69 Å². The lowest BCUT2D eigenvalue weighted by Gasteiger charge is -2.36. The van der Waals surface area contributed by atoms with E-state index in [1.165, 1.54) is 4.80 Å². The first-order valence-electron chi connectivity index (χ1n) is 13.6. The zero-order chi connectivity index (χ0) is 28.9. The van der Waals surface area contributed by atoms with Crippen LogP contribution in [0.15, 0.2) is 65.5 Å². The van der Waals surface area contributed by atoms with Gasteiger partial charge in [-0.2, -0.15) is 10.1 Å². The third kappa shape index (κ3) is 5.78. The fraction of sp³-hybridized carbons (Fsp3) is 0.367. The van der Waals surface area contributed by atoms with Gasteiger partial charge in [0.05, 0.1) is 37.1 Å². The Hall–Kier alpha value is -4.69. The lowest BCUT2D eigenvalue weighted by atomic mass is 9.78. The molecule has 0 radical (unpaired) electrons. The summed E-state index contributed by atoms with van der Waals surface area (Å²) >= 11 is 0. The molecule has 11 nitrogen and oxygen atoms in total. The number of hydrogen-bond donors (Lipinski definition) is 1. The van der Waals surface area contributed by atoms with Crippen molar-refractivity contribution in [3.05, 3.63) is 82.4 Å². The molecule has 1 atom stereocenters. The molecule has 5 rings (SSSR count). The highest BCUT2D eigenvalue weighted by Crippen LogP contribution is 2.43.